The van der Waals surface area contributed by atoms with E-state index in [1.54, 1.807) is 30.0 Å². The molecular formula is C39H47ClN4O7S. The maximum Gasteiger partial charge on any atom is 0.323 e. The highest BCUT2D eigenvalue weighted by atomic mass is 35.5. The zero-order chi connectivity index (χ0) is 37.4. The Labute approximate surface area is 310 Å². The van der Waals surface area contributed by atoms with E-state index in [1.807, 2.05) is 56.3 Å². The van der Waals surface area contributed by atoms with Crippen molar-refractivity contribution in [3.63, 3.8) is 0 Å². The molecule has 0 aliphatic carbocycles. The number of nitrogens with zero attached hydrogens (tertiary/aromatic N) is 2. The Bertz CT molecular complexity index is 1950. The Morgan fingerprint density at radius 1 is 1.02 bits per heavy atom. The molecule has 0 unspecified atom stereocenters. The van der Waals surface area contributed by atoms with Gasteiger partial charge in [-0.1, -0.05) is 54.9 Å². The summed E-state index contributed by atoms with van der Waals surface area (Å²) in [6.45, 7) is 5.84. The van der Waals surface area contributed by atoms with Gasteiger partial charge in [0.05, 0.1) is 41.0 Å². The van der Waals surface area contributed by atoms with Gasteiger partial charge in [0.15, 0.2) is 0 Å². The monoisotopic (exact) mass is 750 g/mol. The van der Waals surface area contributed by atoms with Crippen LogP contribution in [0.4, 0.5) is 16.2 Å². The lowest BCUT2D eigenvalue weighted by molar-refractivity contribution is -0.00833. The first-order valence-corrected chi connectivity index (χ1v) is 19.3. The molecule has 0 spiro atoms. The molecule has 0 saturated heterocycles. The largest absolute Gasteiger partial charge is 0.490 e. The first kappa shape index (κ1) is 39.0. The number of aliphatic hydroxyl groups is 1. The van der Waals surface area contributed by atoms with Gasteiger partial charge in [0.2, 0.25) is 10.0 Å². The van der Waals surface area contributed by atoms with E-state index in [2.05, 4.69) is 10.6 Å². The molecule has 52 heavy (non-hydrogen) atoms. The molecule has 3 N–H and O–H groups in total. The molecule has 1 aliphatic rings. The van der Waals surface area contributed by atoms with Gasteiger partial charge < -0.3 is 30.1 Å². The van der Waals surface area contributed by atoms with Gasteiger partial charge in [-0.3, -0.25) is 4.79 Å². The van der Waals surface area contributed by atoms with E-state index in [9.17, 15) is 23.1 Å². The molecule has 0 aromatic heterocycles. The van der Waals surface area contributed by atoms with Crippen molar-refractivity contribution in [2.75, 3.05) is 44.0 Å². The number of nitrogens with one attached hydrogen (secondary N) is 2. The molecule has 1 aliphatic heterocycles. The molecule has 278 valence electrons. The number of carbonyl (C=O) groups excluding carboxylic acids is 2. The van der Waals surface area contributed by atoms with E-state index >= 15 is 0 Å². The second kappa shape index (κ2) is 17.5. The Hall–Kier alpha value is -4.20. The molecule has 0 bridgehead atoms. The van der Waals surface area contributed by atoms with Crippen molar-refractivity contribution in [1.29, 1.82) is 0 Å². The third-order valence-corrected chi connectivity index (χ3v) is 11.4. The summed E-state index contributed by atoms with van der Waals surface area (Å²) in [5.41, 5.74) is 1.24. The van der Waals surface area contributed by atoms with Crippen LogP contribution in [0, 0.1) is 5.92 Å². The van der Waals surface area contributed by atoms with Crippen molar-refractivity contribution in [2.45, 2.75) is 63.2 Å². The summed E-state index contributed by atoms with van der Waals surface area (Å²) < 4.78 is 40.9. The fourth-order valence-electron chi connectivity index (χ4n) is 6.22. The lowest BCUT2D eigenvalue weighted by Crippen LogP contribution is -2.48. The number of rotatable bonds is 8. The average Bonchev–Trinajstić information content (AvgIpc) is 3.13. The standard InChI is InChI=1S/C39H47ClN4O7S/c1-26-23-44(27(2)25-45)38(46)34-22-31(41-39(47)42-35-14-9-12-29-11-5-6-13-33(29)35)17-20-36(34)51-28(3)10-7-8-21-50-37(26)24-43(4)52(48,49)32-18-15-30(40)16-19-32/h5-6,9,11-20,22,26-28,37,45H,7-8,10,21,23-25H2,1-4H3,(H2,41,42,47)/t26-,27+,28-,37+/m1/s1. The number of fused-ring (bicyclic) bond motifs is 2. The van der Waals surface area contributed by atoms with Crippen LogP contribution in [0.15, 0.2) is 89.8 Å². The van der Waals surface area contributed by atoms with Crippen LogP contribution in [0.1, 0.15) is 50.4 Å². The first-order chi connectivity index (χ1) is 24.9. The Kier molecular flexibility index (Phi) is 13.2. The topological polar surface area (TPSA) is 138 Å². The molecule has 0 saturated carbocycles. The van der Waals surface area contributed by atoms with Crippen LogP contribution in [0.2, 0.25) is 5.02 Å². The summed E-state index contributed by atoms with van der Waals surface area (Å²) in [7, 11) is -2.36. The van der Waals surface area contributed by atoms with Gasteiger partial charge in [0.1, 0.15) is 5.75 Å². The summed E-state index contributed by atoms with van der Waals surface area (Å²) >= 11 is 6.00. The molecule has 3 amide bonds. The van der Waals surface area contributed by atoms with Gasteiger partial charge in [-0.15, -0.1) is 0 Å². The molecule has 1 heterocycles. The van der Waals surface area contributed by atoms with Crippen molar-refractivity contribution in [3.05, 3.63) is 95.5 Å². The van der Waals surface area contributed by atoms with Crippen molar-refractivity contribution in [1.82, 2.24) is 9.21 Å². The minimum atomic E-state index is -3.86. The fraction of sp³-hybridized carbons (Fsp3) is 0.385. The number of benzene rings is 4. The van der Waals surface area contributed by atoms with Crippen LogP contribution in [-0.2, 0) is 14.8 Å². The molecule has 11 nitrogen and oxygen atoms in total. The smallest absolute Gasteiger partial charge is 0.323 e. The number of hydrogen-bond acceptors (Lipinski definition) is 7. The predicted octanol–water partition coefficient (Wildman–Crippen LogP) is 7.25. The quantitative estimate of drug-likeness (QED) is 0.173. The Morgan fingerprint density at radius 2 is 1.75 bits per heavy atom. The highest BCUT2D eigenvalue weighted by Crippen LogP contribution is 2.30. The zero-order valence-corrected chi connectivity index (χ0v) is 31.5. The van der Waals surface area contributed by atoms with E-state index in [0.29, 0.717) is 35.2 Å². The second-order valence-electron chi connectivity index (χ2n) is 13.4. The van der Waals surface area contributed by atoms with Gasteiger partial charge >= 0.3 is 6.03 Å². The van der Waals surface area contributed by atoms with Crippen LogP contribution in [0.25, 0.3) is 10.8 Å². The fourth-order valence-corrected chi connectivity index (χ4v) is 7.53. The van der Waals surface area contributed by atoms with Gasteiger partial charge in [0, 0.05) is 48.8 Å². The Morgan fingerprint density at radius 3 is 2.50 bits per heavy atom. The molecule has 0 fully saturated rings. The maximum absolute atomic E-state index is 14.5. The van der Waals surface area contributed by atoms with Gasteiger partial charge in [0.25, 0.3) is 5.91 Å². The number of sulfonamides is 1. The molecule has 4 atom stereocenters. The highest BCUT2D eigenvalue weighted by molar-refractivity contribution is 7.89. The van der Waals surface area contributed by atoms with Gasteiger partial charge in [-0.25, -0.2) is 13.2 Å². The number of amides is 3. The van der Waals surface area contributed by atoms with E-state index in [1.165, 1.54) is 35.6 Å². The molecule has 0 radical (unpaired) electrons. The number of carbonyl (C=O) groups is 2. The summed E-state index contributed by atoms with van der Waals surface area (Å²) in [6.07, 6.45) is 1.38. The number of likely N-dealkylation sites (N-methyl/N-ethyl adjacent to an activating group) is 1. The SMILES string of the molecule is C[C@@H]1CCCCO[C@@H](CN(C)S(=O)(=O)c2ccc(Cl)cc2)[C@H](C)CN([C@@H](C)CO)C(=O)c2cc(NC(=O)Nc3cccc4ccccc34)ccc2O1. The zero-order valence-electron chi connectivity index (χ0n) is 29.9. The summed E-state index contributed by atoms with van der Waals surface area (Å²) in [4.78, 5) is 29.4. The summed E-state index contributed by atoms with van der Waals surface area (Å²) in [6, 6.07) is 23.2. The predicted molar refractivity (Wildman–Crippen MR) is 205 cm³/mol. The second-order valence-corrected chi connectivity index (χ2v) is 15.8. The lowest BCUT2D eigenvalue weighted by atomic mass is 10.0. The maximum atomic E-state index is 14.5. The number of ether oxygens (including phenoxy) is 2. The van der Waals surface area contributed by atoms with E-state index in [-0.39, 0.29) is 42.2 Å². The first-order valence-electron chi connectivity index (χ1n) is 17.5. The van der Waals surface area contributed by atoms with Crippen molar-refractivity contribution >= 4 is 55.7 Å². The number of hydrogen-bond donors (Lipinski definition) is 3. The van der Waals surface area contributed by atoms with E-state index < -0.39 is 34.1 Å². The van der Waals surface area contributed by atoms with Crippen molar-refractivity contribution in [3.8, 4) is 5.75 Å². The summed E-state index contributed by atoms with van der Waals surface area (Å²) in [5, 5.41) is 18.4. The van der Waals surface area contributed by atoms with Crippen LogP contribution in [0.5, 0.6) is 5.75 Å². The number of aliphatic hydroxyl groups excluding tert-OH is 1. The molecule has 13 heteroatoms. The van der Waals surface area contributed by atoms with E-state index in [0.717, 1.165) is 23.6 Å². The van der Waals surface area contributed by atoms with Gasteiger partial charge in [-0.2, -0.15) is 4.31 Å². The number of halogens is 1. The van der Waals surface area contributed by atoms with E-state index in [4.69, 9.17) is 21.1 Å². The third kappa shape index (κ3) is 9.61. The molecule has 5 rings (SSSR count). The third-order valence-electron chi connectivity index (χ3n) is 9.31. The highest BCUT2D eigenvalue weighted by Gasteiger charge is 2.32. The molecule has 4 aromatic carbocycles. The van der Waals surface area contributed by atoms with Crippen molar-refractivity contribution < 1.29 is 32.6 Å². The van der Waals surface area contributed by atoms with Crippen LogP contribution in [-0.4, -0.2) is 86.3 Å². The number of urea groups is 1. The lowest BCUT2D eigenvalue weighted by Gasteiger charge is -2.35. The normalized spacial score (nSPS) is 19.7. The molecule has 4 aromatic rings. The minimum Gasteiger partial charge on any atom is -0.490 e. The molecular weight excluding hydrogens is 704 g/mol. The number of anilines is 2. The van der Waals surface area contributed by atoms with Crippen LogP contribution < -0.4 is 15.4 Å². The van der Waals surface area contributed by atoms with Crippen LogP contribution in [0.3, 0.4) is 0 Å². The minimum absolute atomic E-state index is 0.0393. The van der Waals surface area contributed by atoms with Crippen molar-refractivity contribution in [2.24, 2.45) is 5.92 Å². The van der Waals surface area contributed by atoms with Gasteiger partial charge in [-0.05, 0) is 87.0 Å². The Balaban J connectivity index is 1.41. The van der Waals surface area contributed by atoms with Crippen LogP contribution >= 0.6 is 11.6 Å². The summed E-state index contributed by atoms with van der Waals surface area (Å²) in [5.74, 6) is -0.398. The average molecular weight is 751 g/mol.